The van der Waals surface area contributed by atoms with Crippen molar-refractivity contribution in [2.24, 2.45) is 12.9 Å². The summed E-state index contributed by atoms with van der Waals surface area (Å²) in [6.45, 7) is 1.84. The second-order valence-electron chi connectivity index (χ2n) is 4.27. The van der Waals surface area contributed by atoms with Crippen LogP contribution in [0.2, 0.25) is 0 Å². The molecule has 0 bridgehead atoms. The van der Waals surface area contributed by atoms with Gasteiger partial charge in [-0.3, -0.25) is 16.0 Å². The maximum Gasteiger partial charge on any atom is 0.316 e. The van der Waals surface area contributed by atoms with Crippen LogP contribution in [0.15, 0.2) is 24.5 Å². The summed E-state index contributed by atoms with van der Waals surface area (Å²) >= 11 is 0. The monoisotopic (exact) mass is 277 g/mol. The number of hydrogen-bond donors (Lipinski definition) is 3. The molecule has 1 atom stereocenters. The first-order valence-corrected chi connectivity index (χ1v) is 5.89. The molecular weight excluding hydrogens is 262 g/mol. The summed E-state index contributed by atoms with van der Waals surface area (Å²) in [6, 6.07) is 4.59. The Balaban J connectivity index is 2.34. The van der Waals surface area contributed by atoms with Crippen molar-refractivity contribution in [2.45, 2.75) is 13.0 Å². The predicted molar refractivity (Wildman–Crippen MR) is 73.9 cm³/mol. The van der Waals surface area contributed by atoms with Crippen LogP contribution in [0.4, 0.5) is 17.1 Å². The summed E-state index contributed by atoms with van der Waals surface area (Å²) in [4.78, 5) is 10.7. The van der Waals surface area contributed by atoms with E-state index in [2.05, 4.69) is 20.9 Å². The topological polar surface area (TPSA) is 124 Å². The van der Waals surface area contributed by atoms with Gasteiger partial charge in [-0.2, -0.15) is 0 Å². The van der Waals surface area contributed by atoms with E-state index in [1.54, 1.807) is 30.1 Å². The molecule has 0 fully saturated rings. The molecule has 0 aliphatic carbocycles. The van der Waals surface area contributed by atoms with Gasteiger partial charge in [-0.05, 0) is 19.1 Å². The van der Waals surface area contributed by atoms with Gasteiger partial charge in [0.15, 0.2) is 5.82 Å². The standard InChI is InChI=1S/C11H15N7O2/c1-7(11-16-13-6-17(11)2)14-8-4-3-5-9(15-12)10(8)18(19)20/h3-7,14-15H,12H2,1-2H3. The third-order valence-electron chi connectivity index (χ3n) is 2.88. The molecule has 0 amide bonds. The molecule has 20 heavy (non-hydrogen) atoms. The molecule has 1 aromatic heterocycles. The highest BCUT2D eigenvalue weighted by Crippen LogP contribution is 2.34. The van der Waals surface area contributed by atoms with Crippen LogP contribution < -0.4 is 16.6 Å². The molecule has 106 valence electrons. The SMILES string of the molecule is CC(Nc1cccc(NN)c1[N+](=O)[O-])c1nncn1C. The predicted octanol–water partition coefficient (Wildman–Crippen LogP) is 1.18. The molecule has 0 aliphatic rings. The molecule has 9 nitrogen and oxygen atoms in total. The zero-order valence-electron chi connectivity index (χ0n) is 11.1. The summed E-state index contributed by atoms with van der Waals surface area (Å²) in [5.74, 6) is 5.97. The van der Waals surface area contributed by atoms with Crippen molar-refractivity contribution < 1.29 is 4.92 Å². The van der Waals surface area contributed by atoms with Gasteiger partial charge in [-0.25, -0.2) is 0 Å². The van der Waals surface area contributed by atoms with E-state index in [1.807, 2.05) is 6.92 Å². The number of nitro groups is 1. The minimum absolute atomic E-state index is 0.107. The first kappa shape index (κ1) is 13.7. The lowest BCUT2D eigenvalue weighted by atomic mass is 10.2. The van der Waals surface area contributed by atoms with Crippen LogP contribution >= 0.6 is 0 Å². The normalized spacial score (nSPS) is 11.9. The fourth-order valence-corrected chi connectivity index (χ4v) is 1.96. The number of aromatic nitrogens is 3. The second kappa shape index (κ2) is 5.53. The third-order valence-corrected chi connectivity index (χ3v) is 2.88. The molecule has 0 aliphatic heterocycles. The zero-order chi connectivity index (χ0) is 14.7. The Bertz CT molecular complexity index is 625. The second-order valence-corrected chi connectivity index (χ2v) is 4.27. The Morgan fingerprint density at radius 1 is 1.45 bits per heavy atom. The molecule has 2 rings (SSSR count). The molecule has 0 saturated carbocycles. The van der Waals surface area contributed by atoms with Gasteiger partial charge in [-0.15, -0.1) is 10.2 Å². The van der Waals surface area contributed by atoms with E-state index in [0.29, 0.717) is 11.5 Å². The summed E-state index contributed by atoms with van der Waals surface area (Å²) in [5.41, 5.74) is 2.82. The first-order valence-electron chi connectivity index (χ1n) is 5.89. The van der Waals surface area contributed by atoms with Crippen LogP contribution in [0.5, 0.6) is 0 Å². The van der Waals surface area contributed by atoms with Crippen LogP contribution in [0, 0.1) is 10.1 Å². The molecule has 1 aromatic carbocycles. The van der Waals surface area contributed by atoms with Gasteiger partial charge in [0.05, 0.1) is 11.0 Å². The Hall–Kier alpha value is -2.68. The van der Waals surface area contributed by atoms with E-state index in [9.17, 15) is 10.1 Å². The van der Waals surface area contributed by atoms with E-state index in [-0.39, 0.29) is 17.4 Å². The van der Waals surface area contributed by atoms with Crippen molar-refractivity contribution >= 4 is 17.1 Å². The molecule has 9 heteroatoms. The Kier molecular flexibility index (Phi) is 3.80. The Morgan fingerprint density at radius 2 is 2.15 bits per heavy atom. The molecule has 2 aromatic rings. The number of para-hydroxylation sites is 1. The lowest BCUT2D eigenvalue weighted by Crippen LogP contribution is -2.14. The van der Waals surface area contributed by atoms with E-state index < -0.39 is 4.92 Å². The van der Waals surface area contributed by atoms with Gasteiger partial charge in [0, 0.05) is 7.05 Å². The zero-order valence-corrected chi connectivity index (χ0v) is 11.1. The van der Waals surface area contributed by atoms with Crippen molar-refractivity contribution in [2.75, 3.05) is 10.7 Å². The Labute approximate surface area is 114 Å². The summed E-state index contributed by atoms with van der Waals surface area (Å²) in [7, 11) is 1.81. The fourth-order valence-electron chi connectivity index (χ4n) is 1.96. The summed E-state index contributed by atoms with van der Waals surface area (Å²) in [6.07, 6.45) is 1.57. The average Bonchev–Trinajstić information content (AvgIpc) is 2.84. The number of hydrazine groups is 1. The molecule has 4 N–H and O–H groups in total. The smallest absolute Gasteiger partial charge is 0.316 e. The van der Waals surface area contributed by atoms with E-state index in [4.69, 9.17) is 5.84 Å². The van der Waals surface area contributed by atoms with Crippen LogP contribution in [-0.2, 0) is 7.05 Å². The summed E-state index contributed by atoms with van der Waals surface area (Å²) in [5, 5.41) is 22.0. The largest absolute Gasteiger partial charge is 0.370 e. The van der Waals surface area contributed by atoms with Crippen molar-refractivity contribution in [1.82, 2.24) is 14.8 Å². The molecule has 0 saturated heterocycles. The number of nitro benzene ring substituents is 1. The number of nitrogens with two attached hydrogens (primary N) is 1. The average molecular weight is 277 g/mol. The molecular formula is C11H15N7O2. The van der Waals surface area contributed by atoms with Crippen molar-refractivity contribution in [1.29, 1.82) is 0 Å². The minimum Gasteiger partial charge on any atom is -0.370 e. The number of nitrogens with zero attached hydrogens (tertiary/aromatic N) is 4. The van der Waals surface area contributed by atoms with Gasteiger partial charge in [-0.1, -0.05) is 6.07 Å². The van der Waals surface area contributed by atoms with Crippen molar-refractivity contribution in [3.8, 4) is 0 Å². The maximum atomic E-state index is 11.2. The highest BCUT2D eigenvalue weighted by Gasteiger charge is 2.21. The van der Waals surface area contributed by atoms with E-state index in [0.717, 1.165) is 0 Å². The minimum atomic E-state index is -0.485. The summed E-state index contributed by atoms with van der Waals surface area (Å²) < 4.78 is 1.74. The first-order chi connectivity index (χ1) is 9.54. The van der Waals surface area contributed by atoms with Crippen LogP contribution in [0.1, 0.15) is 18.8 Å². The van der Waals surface area contributed by atoms with Crippen LogP contribution in [0.25, 0.3) is 0 Å². The third kappa shape index (κ3) is 2.52. The lowest BCUT2D eigenvalue weighted by Gasteiger charge is -2.15. The highest BCUT2D eigenvalue weighted by atomic mass is 16.6. The molecule has 0 spiro atoms. The number of aryl methyl sites for hydroxylation is 1. The Morgan fingerprint density at radius 3 is 2.70 bits per heavy atom. The van der Waals surface area contributed by atoms with E-state index >= 15 is 0 Å². The van der Waals surface area contributed by atoms with E-state index in [1.165, 1.54) is 6.07 Å². The maximum absolute atomic E-state index is 11.2. The number of anilines is 2. The molecule has 0 radical (unpaired) electrons. The van der Waals surface area contributed by atoms with Gasteiger partial charge < -0.3 is 15.3 Å². The van der Waals surface area contributed by atoms with Crippen molar-refractivity contribution in [3.05, 3.63) is 40.5 Å². The van der Waals surface area contributed by atoms with Crippen LogP contribution in [-0.4, -0.2) is 19.7 Å². The lowest BCUT2D eigenvalue weighted by molar-refractivity contribution is -0.383. The highest BCUT2D eigenvalue weighted by molar-refractivity contribution is 5.76. The van der Waals surface area contributed by atoms with Crippen LogP contribution in [0.3, 0.4) is 0 Å². The van der Waals surface area contributed by atoms with Crippen molar-refractivity contribution in [3.63, 3.8) is 0 Å². The fraction of sp³-hybridized carbons (Fsp3) is 0.273. The number of nitrogens with one attached hydrogen (secondary N) is 2. The van der Waals surface area contributed by atoms with Gasteiger partial charge in [0.2, 0.25) is 0 Å². The number of benzene rings is 1. The van der Waals surface area contributed by atoms with Gasteiger partial charge >= 0.3 is 5.69 Å². The quantitative estimate of drug-likeness (QED) is 0.426. The number of nitrogen functional groups attached to an aromatic ring is 1. The van der Waals surface area contributed by atoms with Gasteiger partial charge in [0.25, 0.3) is 0 Å². The molecule has 1 heterocycles. The van der Waals surface area contributed by atoms with Gasteiger partial charge in [0.1, 0.15) is 17.7 Å². The number of rotatable bonds is 5. The number of hydrogen-bond acceptors (Lipinski definition) is 7. The molecule has 1 unspecified atom stereocenters.